The zero-order valence-electron chi connectivity index (χ0n) is 19.1. The number of rotatable bonds is 8. The van der Waals surface area contributed by atoms with Crippen LogP contribution in [0.25, 0.3) is 11.0 Å². The average molecular weight is 498 g/mol. The lowest BCUT2D eigenvalue weighted by Crippen LogP contribution is -2.39. The molecule has 0 unspecified atom stereocenters. The fraction of sp³-hybridized carbons (Fsp3) is 0.333. The number of carbonyl (C=O) groups is 2. The molecule has 1 saturated carbocycles. The van der Waals surface area contributed by atoms with E-state index < -0.39 is 18.9 Å². The third-order valence-electron chi connectivity index (χ3n) is 6.15. The Morgan fingerprint density at radius 3 is 2.67 bits per heavy atom. The van der Waals surface area contributed by atoms with Gasteiger partial charge < -0.3 is 20.5 Å². The number of pyridine rings is 2. The summed E-state index contributed by atoms with van der Waals surface area (Å²) in [5, 5.41) is 11.5. The number of hydrogen-bond acceptors (Lipinski definition) is 6. The molecule has 10 nitrogen and oxygen atoms in total. The van der Waals surface area contributed by atoms with Gasteiger partial charge in [0.25, 0.3) is 18.2 Å². The molecule has 4 aromatic rings. The summed E-state index contributed by atoms with van der Waals surface area (Å²) in [6.45, 7) is -0.715. The SMILES string of the molecule is NC(=O)c1c(O[C@H]2CC[C@H](NC(=O)c3cnn4cc(OCC(F)F)ccc34)CC2)nn2ccccc12. The van der Waals surface area contributed by atoms with Crippen LogP contribution in [0.3, 0.4) is 0 Å². The van der Waals surface area contributed by atoms with Crippen molar-refractivity contribution in [1.29, 1.82) is 0 Å². The molecule has 4 heterocycles. The first-order valence-corrected chi connectivity index (χ1v) is 11.5. The highest BCUT2D eigenvalue weighted by Crippen LogP contribution is 2.28. The molecule has 0 bridgehead atoms. The number of primary amides is 1. The summed E-state index contributed by atoms with van der Waals surface area (Å²) in [5.74, 6) is -0.425. The van der Waals surface area contributed by atoms with Crippen molar-refractivity contribution in [2.75, 3.05) is 6.61 Å². The molecule has 36 heavy (non-hydrogen) atoms. The number of carbonyl (C=O) groups excluding carboxylic acids is 2. The summed E-state index contributed by atoms with van der Waals surface area (Å²) in [5.41, 5.74) is 7.32. The summed E-state index contributed by atoms with van der Waals surface area (Å²) in [6, 6.07) is 8.43. The molecule has 3 N–H and O–H groups in total. The number of nitrogens with zero attached hydrogens (tertiary/aromatic N) is 4. The van der Waals surface area contributed by atoms with Gasteiger partial charge in [0, 0.05) is 12.2 Å². The first-order valence-electron chi connectivity index (χ1n) is 11.5. The molecular weight excluding hydrogens is 474 g/mol. The topological polar surface area (TPSA) is 125 Å². The van der Waals surface area contributed by atoms with Crippen molar-refractivity contribution in [2.24, 2.45) is 5.73 Å². The lowest BCUT2D eigenvalue weighted by Gasteiger charge is -2.29. The largest absolute Gasteiger partial charge is 0.486 e. The standard InChI is InChI=1S/C24H24F2N6O4/c25-20(26)13-35-16-8-9-18-17(11-28-32(18)12-16)23(34)29-14-4-6-15(7-5-14)36-24-21(22(27)33)19-3-1-2-10-31(19)30-24/h1-3,8-12,14-15,20H,4-7,13H2,(H2,27,33)(H,29,34)/t14-,15-. The zero-order valence-corrected chi connectivity index (χ0v) is 19.1. The molecule has 0 atom stereocenters. The normalized spacial score (nSPS) is 18.0. The Morgan fingerprint density at radius 1 is 1.11 bits per heavy atom. The van der Waals surface area contributed by atoms with Crippen molar-refractivity contribution >= 4 is 22.8 Å². The second-order valence-electron chi connectivity index (χ2n) is 8.59. The van der Waals surface area contributed by atoms with Gasteiger partial charge in [-0.15, -0.1) is 5.10 Å². The Morgan fingerprint density at radius 2 is 1.92 bits per heavy atom. The molecule has 0 radical (unpaired) electrons. The van der Waals surface area contributed by atoms with Gasteiger partial charge in [0.15, 0.2) is 0 Å². The van der Waals surface area contributed by atoms with E-state index in [9.17, 15) is 18.4 Å². The summed E-state index contributed by atoms with van der Waals surface area (Å²) < 4.78 is 38.8. The van der Waals surface area contributed by atoms with Gasteiger partial charge in [0.05, 0.1) is 29.0 Å². The first-order chi connectivity index (χ1) is 17.4. The van der Waals surface area contributed by atoms with Gasteiger partial charge in [-0.25, -0.2) is 17.8 Å². The number of fused-ring (bicyclic) bond motifs is 2. The van der Waals surface area contributed by atoms with Crippen LogP contribution in [0, 0.1) is 0 Å². The number of alkyl halides is 2. The van der Waals surface area contributed by atoms with Crippen LogP contribution in [0.5, 0.6) is 11.6 Å². The van der Waals surface area contributed by atoms with Crippen molar-refractivity contribution in [3.63, 3.8) is 0 Å². The Labute approximate surface area is 204 Å². The highest BCUT2D eigenvalue weighted by atomic mass is 19.3. The second-order valence-corrected chi connectivity index (χ2v) is 8.59. The van der Waals surface area contributed by atoms with Crippen molar-refractivity contribution in [3.05, 3.63) is 60.0 Å². The van der Waals surface area contributed by atoms with Crippen molar-refractivity contribution in [3.8, 4) is 11.6 Å². The maximum atomic E-state index is 12.9. The van der Waals surface area contributed by atoms with Crippen LogP contribution in [0.15, 0.2) is 48.9 Å². The van der Waals surface area contributed by atoms with Gasteiger partial charge in [-0.3, -0.25) is 9.59 Å². The fourth-order valence-electron chi connectivity index (χ4n) is 4.42. The van der Waals surface area contributed by atoms with Crippen molar-refractivity contribution < 1.29 is 27.8 Å². The summed E-state index contributed by atoms with van der Waals surface area (Å²) in [6.07, 6.45) is 4.56. The Hall–Kier alpha value is -4.22. The number of aromatic nitrogens is 4. The van der Waals surface area contributed by atoms with E-state index in [1.165, 1.54) is 23.0 Å². The van der Waals surface area contributed by atoms with Crippen molar-refractivity contribution in [1.82, 2.24) is 24.5 Å². The smallest absolute Gasteiger partial charge is 0.272 e. The van der Waals surface area contributed by atoms with E-state index in [1.807, 2.05) is 0 Å². The molecule has 0 spiro atoms. The Bertz CT molecular complexity index is 1410. The minimum Gasteiger partial charge on any atom is -0.486 e. The summed E-state index contributed by atoms with van der Waals surface area (Å²) in [4.78, 5) is 24.9. The average Bonchev–Trinajstić information content (AvgIpc) is 3.44. The van der Waals surface area contributed by atoms with Crippen LogP contribution in [0.1, 0.15) is 46.4 Å². The molecule has 2 amide bonds. The molecule has 188 valence electrons. The molecule has 1 aliphatic carbocycles. The van der Waals surface area contributed by atoms with E-state index >= 15 is 0 Å². The van der Waals surface area contributed by atoms with E-state index in [1.54, 1.807) is 35.0 Å². The predicted molar refractivity (Wildman–Crippen MR) is 125 cm³/mol. The molecule has 4 aromatic heterocycles. The maximum absolute atomic E-state index is 12.9. The third-order valence-corrected chi connectivity index (χ3v) is 6.15. The van der Waals surface area contributed by atoms with E-state index in [0.717, 1.165) is 0 Å². The fourth-order valence-corrected chi connectivity index (χ4v) is 4.42. The number of ether oxygens (including phenoxy) is 2. The first kappa shape index (κ1) is 23.5. The number of amides is 2. The van der Waals surface area contributed by atoms with Gasteiger partial charge in [-0.05, 0) is 49.9 Å². The van der Waals surface area contributed by atoms with Crippen LogP contribution < -0.4 is 20.5 Å². The number of nitrogens with one attached hydrogen (secondary N) is 1. The Kier molecular flexibility index (Phi) is 6.40. The van der Waals surface area contributed by atoms with Gasteiger partial charge in [0.2, 0.25) is 5.88 Å². The third kappa shape index (κ3) is 4.79. The van der Waals surface area contributed by atoms with E-state index in [0.29, 0.717) is 42.3 Å². The quantitative estimate of drug-likeness (QED) is 0.385. The molecule has 5 rings (SSSR count). The van der Waals surface area contributed by atoms with Crippen molar-refractivity contribution in [2.45, 2.75) is 44.3 Å². The summed E-state index contributed by atoms with van der Waals surface area (Å²) in [7, 11) is 0. The van der Waals surface area contributed by atoms with Crippen LogP contribution in [0.2, 0.25) is 0 Å². The number of hydrogen-bond donors (Lipinski definition) is 2. The molecule has 1 fully saturated rings. The highest BCUT2D eigenvalue weighted by Gasteiger charge is 2.28. The highest BCUT2D eigenvalue weighted by molar-refractivity contribution is 6.02. The van der Waals surface area contributed by atoms with Gasteiger partial charge >= 0.3 is 0 Å². The van der Waals surface area contributed by atoms with E-state index in [2.05, 4.69) is 15.5 Å². The lowest BCUT2D eigenvalue weighted by molar-refractivity contribution is 0.0816. The monoisotopic (exact) mass is 498 g/mol. The lowest BCUT2D eigenvalue weighted by atomic mass is 9.92. The minimum absolute atomic E-state index is 0.0578. The van der Waals surface area contributed by atoms with Crippen LogP contribution in [-0.4, -0.2) is 56.2 Å². The molecule has 0 aliphatic heterocycles. The molecule has 12 heteroatoms. The number of halogens is 2. The Balaban J connectivity index is 1.19. The minimum atomic E-state index is -2.58. The molecule has 0 aromatic carbocycles. The van der Waals surface area contributed by atoms with Crippen LogP contribution in [0.4, 0.5) is 8.78 Å². The maximum Gasteiger partial charge on any atom is 0.272 e. The number of nitrogens with two attached hydrogens (primary N) is 1. The van der Waals surface area contributed by atoms with Gasteiger partial charge in [-0.1, -0.05) is 6.07 Å². The predicted octanol–water partition coefficient (Wildman–Crippen LogP) is 2.84. The molecular formula is C24H24F2N6O4. The van der Waals surface area contributed by atoms with Gasteiger partial charge in [0.1, 0.15) is 24.0 Å². The summed E-state index contributed by atoms with van der Waals surface area (Å²) >= 11 is 0. The van der Waals surface area contributed by atoms with Crippen LogP contribution in [-0.2, 0) is 0 Å². The zero-order chi connectivity index (χ0) is 25.2. The molecule has 0 saturated heterocycles. The molecule has 1 aliphatic rings. The van der Waals surface area contributed by atoms with Crippen LogP contribution >= 0.6 is 0 Å². The second kappa shape index (κ2) is 9.80. The van der Waals surface area contributed by atoms with Gasteiger partial charge in [-0.2, -0.15) is 5.10 Å². The van der Waals surface area contributed by atoms with E-state index in [4.69, 9.17) is 15.2 Å². The van der Waals surface area contributed by atoms with E-state index in [-0.39, 0.29) is 35.2 Å².